The Morgan fingerprint density at radius 1 is 1.19 bits per heavy atom. The van der Waals surface area contributed by atoms with Crippen LogP contribution in [0.4, 0.5) is 10.8 Å². The van der Waals surface area contributed by atoms with Crippen molar-refractivity contribution in [3.8, 4) is 0 Å². The first kappa shape index (κ1) is 10.8. The van der Waals surface area contributed by atoms with Gasteiger partial charge in [-0.25, -0.2) is 0 Å². The number of benzene rings is 1. The lowest BCUT2D eigenvalue weighted by molar-refractivity contribution is 1.26. The second-order valence-electron chi connectivity index (χ2n) is 3.57. The third-order valence-corrected chi connectivity index (χ3v) is 3.00. The number of hydrogen-bond donors (Lipinski definition) is 1. The summed E-state index contributed by atoms with van der Waals surface area (Å²) in [6, 6.07) is 7.53. The molecule has 1 aromatic heterocycles. The highest BCUT2D eigenvalue weighted by Gasteiger charge is 2.03. The summed E-state index contributed by atoms with van der Waals surface area (Å²) in [5.74, 6) is 0. The second-order valence-corrected chi connectivity index (χ2v) is 4.46. The van der Waals surface area contributed by atoms with Gasteiger partial charge < -0.3 is 5.32 Å². The highest BCUT2D eigenvalue weighted by Crippen LogP contribution is 2.24. The molecule has 0 spiro atoms. The van der Waals surface area contributed by atoms with Crippen LogP contribution in [0.1, 0.15) is 11.1 Å². The molecule has 0 aliphatic rings. The first-order valence-corrected chi connectivity index (χ1v) is 5.84. The van der Waals surface area contributed by atoms with Gasteiger partial charge in [-0.3, -0.25) is 4.79 Å². The fraction of sp³-hybridized carbons (Fsp3) is 0.167. The molecule has 2 aromatic rings. The number of nitrogens with one attached hydrogen (secondary N) is 1. The standard InChI is InChI=1S/C12H12N2OS/c1-8-4-3-5-9(2)11(8)14-12-13-10(15)6-7-16-12/h3-7H,1-2H3,(H,13,14,15). The Kier molecular flexibility index (Phi) is 3.01. The van der Waals surface area contributed by atoms with Crippen molar-refractivity contribution in [2.45, 2.75) is 13.8 Å². The Labute approximate surface area is 97.8 Å². The summed E-state index contributed by atoms with van der Waals surface area (Å²) in [6.07, 6.45) is 0. The summed E-state index contributed by atoms with van der Waals surface area (Å²) >= 11 is 1.42. The Balaban J connectivity index is 2.38. The van der Waals surface area contributed by atoms with Crippen molar-refractivity contribution in [3.05, 3.63) is 51.1 Å². The maximum absolute atomic E-state index is 11.1. The lowest BCUT2D eigenvalue weighted by Gasteiger charge is -2.10. The summed E-state index contributed by atoms with van der Waals surface area (Å²) in [4.78, 5) is 15.0. The molecule has 16 heavy (non-hydrogen) atoms. The molecule has 0 saturated carbocycles. The second kappa shape index (κ2) is 4.45. The molecule has 0 radical (unpaired) electrons. The van der Waals surface area contributed by atoms with E-state index in [4.69, 9.17) is 0 Å². The molecule has 0 aliphatic carbocycles. The van der Waals surface area contributed by atoms with E-state index in [1.165, 1.54) is 17.4 Å². The van der Waals surface area contributed by atoms with E-state index in [2.05, 4.69) is 10.3 Å². The largest absolute Gasteiger partial charge is 0.331 e. The molecule has 2 rings (SSSR count). The van der Waals surface area contributed by atoms with Crippen LogP contribution in [0.25, 0.3) is 0 Å². The van der Waals surface area contributed by atoms with Crippen LogP contribution < -0.4 is 10.9 Å². The van der Waals surface area contributed by atoms with Gasteiger partial charge in [0.25, 0.3) is 5.56 Å². The van der Waals surface area contributed by atoms with Crippen LogP contribution in [0.2, 0.25) is 0 Å². The highest BCUT2D eigenvalue weighted by molar-refractivity contribution is 7.13. The summed E-state index contributed by atoms with van der Waals surface area (Å²) in [6.45, 7) is 4.06. The minimum Gasteiger partial charge on any atom is -0.331 e. The molecular formula is C12H12N2OS. The van der Waals surface area contributed by atoms with Crippen molar-refractivity contribution in [2.24, 2.45) is 0 Å². The number of para-hydroxylation sites is 1. The zero-order valence-electron chi connectivity index (χ0n) is 9.15. The summed E-state index contributed by atoms with van der Waals surface area (Å²) in [5, 5.41) is 5.56. The topological polar surface area (TPSA) is 42.0 Å². The Bertz CT molecular complexity index is 543. The van der Waals surface area contributed by atoms with Crippen molar-refractivity contribution in [1.82, 2.24) is 4.98 Å². The molecular weight excluding hydrogens is 220 g/mol. The van der Waals surface area contributed by atoms with Gasteiger partial charge in [0.1, 0.15) is 0 Å². The van der Waals surface area contributed by atoms with Gasteiger partial charge >= 0.3 is 0 Å². The molecule has 0 atom stereocenters. The van der Waals surface area contributed by atoms with Gasteiger partial charge in [-0.15, -0.1) is 11.3 Å². The van der Waals surface area contributed by atoms with Gasteiger partial charge in [0.2, 0.25) is 0 Å². The number of anilines is 2. The Hall–Kier alpha value is -1.68. The van der Waals surface area contributed by atoms with Crippen LogP contribution in [-0.2, 0) is 0 Å². The fourth-order valence-corrected chi connectivity index (χ4v) is 2.11. The molecule has 3 nitrogen and oxygen atoms in total. The van der Waals surface area contributed by atoms with Crippen LogP contribution in [0.5, 0.6) is 0 Å². The van der Waals surface area contributed by atoms with E-state index in [0.717, 1.165) is 16.8 Å². The van der Waals surface area contributed by atoms with Crippen molar-refractivity contribution >= 4 is 22.2 Å². The van der Waals surface area contributed by atoms with E-state index in [1.54, 1.807) is 5.38 Å². The fourth-order valence-electron chi connectivity index (χ4n) is 1.50. The monoisotopic (exact) mass is 232 g/mol. The zero-order valence-corrected chi connectivity index (χ0v) is 9.97. The Morgan fingerprint density at radius 3 is 2.50 bits per heavy atom. The van der Waals surface area contributed by atoms with Crippen molar-refractivity contribution in [2.75, 3.05) is 5.32 Å². The molecule has 1 heterocycles. The van der Waals surface area contributed by atoms with E-state index < -0.39 is 0 Å². The normalized spacial score (nSPS) is 10.1. The number of rotatable bonds is 2. The summed E-state index contributed by atoms with van der Waals surface area (Å²) in [7, 11) is 0. The van der Waals surface area contributed by atoms with Crippen LogP contribution in [0.15, 0.2) is 34.4 Å². The zero-order chi connectivity index (χ0) is 11.5. The molecule has 0 fully saturated rings. The molecule has 82 valence electrons. The SMILES string of the molecule is Cc1cccc(C)c1Nc1nc(=O)ccs1. The predicted molar refractivity (Wildman–Crippen MR) is 67.6 cm³/mol. The van der Waals surface area contributed by atoms with E-state index in [0.29, 0.717) is 5.13 Å². The molecule has 0 aliphatic heterocycles. The quantitative estimate of drug-likeness (QED) is 0.865. The average molecular weight is 232 g/mol. The molecule has 0 amide bonds. The van der Waals surface area contributed by atoms with Crippen LogP contribution in [-0.4, -0.2) is 4.98 Å². The minimum atomic E-state index is -0.215. The maximum Gasteiger partial charge on any atom is 0.273 e. The van der Waals surface area contributed by atoms with E-state index >= 15 is 0 Å². The van der Waals surface area contributed by atoms with E-state index in [-0.39, 0.29) is 5.56 Å². The molecule has 1 N–H and O–H groups in total. The lowest BCUT2D eigenvalue weighted by atomic mass is 10.1. The smallest absolute Gasteiger partial charge is 0.273 e. The van der Waals surface area contributed by atoms with Gasteiger partial charge in [-0.1, -0.05) is 18.2 Å². The molecule has 0 saturated heterocycles. The van der Waals surface area contributed by atoms with Gasteiger partial charge in [0, 0.05) is 11.8 Å². The predicted octanol–water partition coefficient (Wildman–Crippen LogP) is 2.86. The first-order valence-electron chi connectivity index (χ1n) is 4.96. The maximum atomic E-state index is 11.1. The van der Waals surface area contributed by atoms with Gasteiger partial charge in [0.15, 0.2) is 5.13 Å². The van der Waals surface area contributed by atoms with Crippen molar-refractivity contribution in [1.29, 1.82) is 0 Å². The third kappa shape index (κ3) is 2.28. The van der Waals surface area contributed by atoms with Gasteiger partial charge in [-0.2, -0.15) is 4.98 Å². The first-order chi connectivity index (χ1) is 7.66. The van der Waals surface area contributed by atoms with Crippen molar-refractivity contribution < 1.29 is 0 Å². The van der Waals surface area contributed by atoms with E-state index in [1.807, 2.05) is 32.0 Å². The molecule has 0 unspecified atom stereocenters. The van der Waals surface area contributed by atoms with Crippen LogP contribution >= 0.6 is 11.3 Å². The number of nitrogens with zero attached hydrogens (tertiary/aromatic N) is 1. The van der Waals surface area contributed by atoms with E-state index in [9.17, 15) is 4.79 Å². The number of aromatic nitrogens is 1. The highest BCUT2D eigenvalue weighted by atomic mass is 32.1. The summed E-state index contributed by atoms with van der Waals surface area (Å²) < 4.78 is 0. The molecule has 0 bridgehead atoms. The molecule has 4 heteroatoms. The van der Waals surface area contributed by atoms with Crippen LogP contribution in [0, 0.1) is 13.8 Å². The van der Waals surface area contributed by atoms with Gasteiger partial charge in [0.05, 0.1) is 0 Å². The average Bonchev–Trinajstić information content (AvgIpc) is 2.24. The molecule has 1 aromatic carbocycles. The van der Waals surface area contributed by atoms with Gasteiger partial charge in [-0.05, 0) is 30.4 Å². The van der Waals surface area contributed by atoms with Crippen LogP contribution in [0.3, 0.4) is 0 Å². The number of aryl methyl sites for hydroxylation is 2. The van der Waals surface area contributed by atoms with Crippen molar-refractivity contribution in [3.63, 3.8) is 0 Å². The lowest BCUT2D eigenvalue weighted by Crippen LogP contribution is -2.05. The Morgan fingerprint density at radius 2 is 1.88 bits per heavy atom. The minimum absolute atomic E-state index is 0.215. The summed E-state index contributed by atoms with van der Waals surface area (Å²) in [5.41, 5.74) is 3.10. The number of hydrogen-bond acceptors (Lipinski definition) is 4. The third-order valence-electron chi connectivity index (χ3n) is 2.32.